The molecule has 1 heterocycles. The van der Waals surface area contributed by atoms with Crippen molar-refractivity contribution in [2.45, 2.75) is 32.7 Å². The van der Waals surface area contributed by atoms with Crippen molar-refractivity contribution < 1.29 is 0 Å². The van der Waals surface area contributed by atoms with E-state index in [0.29, 0.717) is 5.92 Å². The molecule has 0 saturated heterocycles. The Hall–Kier alpha value is -1.00. The van der Waals surface area contributed by atoms with Crippen LogP contribution in [0.25, 0.3) is 0 Å². The second kappa shape index (κ2) is 6.67. The van der Waals surface area contributed by atoms with Gasteiger partial charge in [0, 0.05) is 31.3 Å². The van der Waals surface area contributed by atoms with E-state index in [-0.39, 0.29) is 0 Å². The Morgan fingerprint density at radius 3 is 2.59 bits per heavy atom. The molecule has 0 aliphatic rings. The van der Waals surface area contributed by atoms with Gasteiger partial charge in [0.05, 0.1) is 5.69 Å². The molecule has 4 nitrogen and oxygen atoms in total. The van der Waals surface area contributed by atoms with Gasteiger partial charge in [-0.3, -0.25) is 0 Å². The predicted octanol–water partition coefficient (Wildman–Crippen LogP) is 1.42. The van der Waals surface area contributed by atoms with E-state index in [4.69, 9.17) is 0 Å². The van der Waals surface area contributed by atoms with Crippen molar-refractivity contribution in [1.29, 1.82) is 0 Å². The normalized spacial score (nSPS) is 11.5. The third kappa shape index (κ3) is 4.40. The molecule has 0 atom stereocenters. The number of rotatable bonds is 6. The summed E-state index contributed by atoms with van der Waals surface area (Å²) in [6, 6.07) is 0. The fraction of sp³-hybridized carbons (Fsp3) is 0.692. The maximum atomic E-state index is 4.68. The number of likely N-dealkylation sites (N-methyl/N-ethyl adjacent to an activating group) is 1. The summed E-state index contributed by atoms with van der Waals surface area (Å²) in [5, 5.41) is 3.16. The molecular weight excluding hydrogens is 212 g/mol. The highest BCUT2D eigenvalue weighted by Crippen LogP contribution is 2.16. The van der Waals surface area contributed by atoms with E-state index in [2.05, 4.69) is 48.1 Å². The summed E-state index contributed by atoms with van der Waals surface area (Å²) in [5.74, 6) is 1.39. The summed E-state index contributed by atoms with van der Waals surface area (Å²) < 4.78 is 0. The minimum atomic E-state index is 0.444. The van der Waals surface area contributed by atoms with Gasteiger partial charge in [-0.25, -0.2) is 9.97 Å². The SMILES string of the molecule is CNCc1cnc(CCN(C)C)nc1C(C)C. The summed E-state index contributed by atoms with van der Waals surface area (Å²) in [5.41, 5.74) is 2.37. The van der Waals surface area contributed by atoms with Crippen LogP contribution in [0.1, 0.15) is 36.8 Å². The lowest BCUT2D eigenvalue weighted by Gasteiger charge is -2.14. The van der Waals surface area contributed by atoms with Gasteiger partial charge >= 0.3 is 0 Å². The first-order valence-corrected chi connectivity index (χ1v) is 6.18. The fourth-order valence-corrected chi connectivity index (χ4v) is 1.73. The van der Waals surface area contributed by atoms with Crippen LogP contribution < -0.4 is 5.32 Å². The lowest BCUT2D eigenvalue weighted by Crippen LogP contribution is -2.18. The van der Waals surface area contributed by atoms with Crippen LogP contribution in [0, 0.1) is 0 Å². The maximum Gasteiger partial charge on any atom is 0.129 e. The summed E-state index contributed by atoms with van der Waals surface area (Å²) in [7, 11) is 6.08. The van der Waals surface area contributed by atoms with Crippen LogP contribution in [-0.2, 0) is 13.0 Å². The highest BCUT2D eigenvalue weighted by molar-refractivity contribution is 5.20. The van der Waals surface area contributed by atoms with Crippen molar-refractivity contribution in [3.63, 3.8) is 0 Å². The number of aromatic nitrogens is 2. The molecule has 0 unspecified atom stereocenters. The zero-order valence-corrected chi connectivity index (χ0v) is 11.6. The van der Waals surface area contributed by atoms with Crippen molar-refractivity contribution in [3.8, 4) is 0 Å². The molecule has 0 radical (unpaired) electrons. The van der Waals surface area contributed by atoms with Crippen LogP contribution in [-0.4, -0.2) is 42.6 Å². The van der Waals surface area contributed by atoms with E-state index in [1.807, 2.05) is 13.2 Å². The van der Waals surface area contributed by atoms with Crippen LogP contribution in [0.15, 0.2) is 6.20 Å². The van der Waals surface area contributed by atoms with E-state index in [9.17, 15) is 0 Å². The molecule has 0 aliphatic carbocycles. The van der Waals surface area contributed by atoms with Gasteiger partial charge in [0.25, 0.3) is 0 Å². The Morgan fingerprint density at radius 1 is 1.35 bits per heavy atom. The van der Waals surface area contributed by atoms with Gasteiger partial charge in [0.2, 0.25) is 0 Å². The van der Waals surface area contributed by atoms with Crippen molar-refractivity contribution in [2.75, 3.05) is 27.7 Å². The monoisotopic (exact) mass is 236 g/mol. The molecular formula is C13H24N4. The fourth-order valence-electron chi connectivity index (χ4n) is 1.73. The number of hydrogen-bond acceptors (Lipinski definition) is 4. The van der Waals surface area contributed by atoms with Gasteiger partial charge in [-0.1, -0.05) is 13.8 Å². The number of hydrogen-bond donors (Lipinski definition) is 1. The maximum absolute atomic E-state index is 4.68. The smallest absolute Gasteiger partial charge is 0.129 e. The van der Waals surface area contributed by atoms with Crippen molar-refractivity contribution in [3.05, 3.63) is 23.3 Å². The molecule has 1 aromatic heterocycles. The topological polar surface area (TPSA) is 41.1 Å². The van der Waals surface area contributed by atoms with Crippen LogP contribution in [0.3, 0.4) is 0 Å². The molecule has 0 saturated carbocycles. The Kier molecular flexibility index (Phi) is 5.51. The van der Waals surface area contributed by atoms with E-state index in [0.717, 1.165) is 25.3 Å². The Balaban J connectivity index is 2.85. The molecule has 4 heteroatoms. The first kappa shape index (κ1) is 14.1. The van der Waals surface area contributed by atoms with E-state index in [1.54, 1.807) is 0 Å². The third-order valence-electron chi connectivity index (χ3n) is 2.64. The van der Waals surface area contributed by atoms with Crippen LogP contribution in [0.5, 0.6) is 0 Å². The van der Waals surface area contributed by atoms with E-state index in [1.165, 1.54) is 11.3 Å². The lowest BCUT2D eigenvalue weighted by atomic mass is 10.0. The minimum absolute atomic E-state index is 0.444. The standard InChI is InChI=1S/C13H24N4/c1-10(2)13-11(8-14-3)9-15-12(16-13)6-7-17(4)5/h9-10,14H,6-8H2,1-5H3. The summed E-state index contributed by atoms with van der Waals surface area (Å²) in [6.07, 6.45) is 2.87. The van der Waals surface area contributed by atoms with Crippen molar-refractivity contribution in [2.24, 2.45) is 0 Å². The molecule has 0 spiro atoms. The summed E-state index contributed by atoms with van der Waals surface area (Å²) >= 11 is 0. The molecule has 0 aromatic carbocycles. The second-order valence-electron chi connectivity index (χ2n) is 4.94. The minimum Gasteiger partial charge on any atom is -0.316 e. The zero-order valence-electron chi connectivity index (χ0n) is 11.6. The lowest BCUT2D eigenvalue weighted by molar-refractivity contribution is 0.409. The third-order valence-corrected chi connectivity index (χ3v) is 2.64. The van der Waals surface area contributed by atoms with Crippen LogP contribution in [0.4, 0.5) is 0 Å². The Morgan fingerprint density at radius 2 is 2.06 bits per heavy atom. The van der Waals surface area contributed by atoms with E-state index < -0.39 is 0 Å². The predicted molar refractivity (Wildman–Crippen MR) is 71.1 cm³/mol. The quantitative estimate of drug-likeness (QED) is 0.811. The summed E-state index contributed by atoms with van der Waals surface area (Å²) in [6.45, 7) is 6.18. The highest BCUT2D eigenvalue weighted by atomic mass is 15.1. The van der Waals surface area contributed by atoms with Crippen LogP contribution in [0.2, 0.25) is 0 Å². The summed E-state index contributed by atoms with van der Waals surface area (Å²) in [4.78, 5) is 11.3. The number of nitrogens with zero attached hydrogens (tertiary/aromatic N) is 3. The van der Waals surface area contributed by atoms with E-state index >= 15 is 0 Å². The molecule has 0 fully saturated rings. The van der Waals surface area contributed by atoms with Gasteiger partial charge < -0.3 is 10.2 Å². The van der Waals surface area contributed by atoms with Crippen molar-refractivity contribution in [1.82, 2.24) is 20.2 Å². The van der Waals surface area contributed by atoms with Crippen molar-refractivity contribution >= 4 is 0 Å². The Bertz CT molecular complexity index is 347. The average molecular weight is 236 g/mol. The van der Waals surface area contributed by atoms with Gasteiger partial charge in [-0.2, -0.15) is 0 Å². The first-order valence-electron chi connectivity index (χ1n) is 6.18. The zero-order chi connectivity index (χ0) is 12.8. The molecule has 1 rings (SSSR count). The molecule has 96 valence electrons. The molecule has 0 amide bonds. The highest BCUT2D eigenvalue weighted by Gasteiger charge is 2.10. The average Bonchev–Trinajstić information content (AvgIpc) is 2.27. The molecule has 0 aliphatic heterocycles. The molecule has 17 heavy (non-hydrogen) atoms. The molecule has 1 aromatic rings. The second-order valence-corrected chi connectivity index (χ2v) is 4.94. The van der Waals surface area contributed by atoms with Gasteiger partial charge in [-0.15, -0.1) is 0 Å². The molecule has 1 N–H and O–H groups in total. The first-order chi connectivity index (χ1) is 8.04. The largest absolute Gasteiger partial charge is 0.316 e. The molecule has 0 bridgehead atoms. The van der Waals surface area contributed by atoms with Gasteiger partial charge in [-0.05, 0) is 27.1 Å². The Labute approximate surface area is 104 Å². The van der Waals surface area contributed by atoms with Gasteiger partial charge in [0.1, 0.15) is 5.82 Å². The van der Waals surface area contributed by atoms with Gasteiger partial charge in [0.15, 0.2) is 0 Å². The van der Waals surface area contributed by atoms with Crippen LogP contribution >= 0.6 is 0 Å². The number of nitrogens with one attached hydrogen (secondary N) is 1.